The van der Waals surface area contributed by atoms with Crippen molar-refractivity contribution in [1.29, 1.82) is 0 Å². The van der Waals surface area contributed by atoms with Gasteiger partial charge in [0.05, 0.1) is 11.5 Å². The molecule has 0 saturated carbocycles. The summed E-state index contributed by atoms with van der Waals surface area (Å²) in [5.41, 5.74) is 1.55. The van der Waals surface area contributed by atoms with Crippen LogP contribution in [0.3, 0.4) is 0 Å². The Balaban J connectivity index is 1.75. The summed E-state index contributed by atoms with van der Waals surface area (Å²) in [5, 5.41) is 13.5. The smallest absolute Gasteiger partial charge is 0.308 e. The molecule has 2 atom stereocenters. The highest BCUT2D eigenvalue weighted by Gasteiger charge is 2.33. The highest BCUT2D eigenvalue weighted by molar-refractivity contribution is 6.31. The van der Waals surface area contributed by atoms with Gasteiger partial charge in [-0.2, -0.15) is 0 Å². The fourth-order valence-electron chi connectivity index (χ4n) is 3.81. The standard InChI is InChI=1S/C21H22ClN3O3/c1-2-14(21(26)27)17-12-25(10-9-23-17)20-15-5-3-4-6-18(15)28-19-8-7-13(22)11-16(19)24-20/h3-8,11,14,17,23H,2,9-10,12H2,1H3,(H,26,27). The number of piperazine rings is 1. The van der Waals surface area contributed by atoms with E-state index < -0.39 is 11.9 Å². The molecule has 2 heterocycles. The molecule has 0 aromatic heterocycles. The van der Waals surface area contributed by atoms with E-state index in [4.69, 9.17) is 21.3 Å². The van der Waals surface area contributed by atoms with Crippen molar-refractivity contribution < 1.29 is 14.6 Å². The first-order valence-corrected chi connectivity index (χ1v) is 9.81. The van der Waals surface area contributed by atoms with Crippen LogP contribution in [-0.4, -0.2) is 47.5 Å². The Morgan fingerprint density at radius 3 is 2.96 bits per heavy atom. The number of ether oxygens (including phenoxy) is 1. The van der Waals surface area contributed by atoms with Crippen LogP contribution in [0.25, 0.3) is 0 Å². The highest BCUT2D eigenvalue weighted by atomic mass is 35.5. The molecule has 6 nitrogen and oxygen atoms in total. The molecule has 146 valence electrons. The average molecular weight is 400 g/mol. The fraction of sp³-hybridized carbons (Fsp3) is 0.333. The normalized spacial score (nSPS) is 19.6. The number of para-hydroxylation sites is 1. The van der Waals surface area contributed by atoms with E-state index >= 15 is 0 Å². The molecular weight excluding hydrogens is 378 g/mol. The van der Waals surface area contributed by atoms with Gasteiger partial charge in [-0.1, -0.05) is 30.7 Å². The number of fused-ring (bicyclic) bond motifs is 2. The molecule has 0 aliphatic carbocycles. The Hall–Kier alpha value is -2.57. The molecule has 2 aromatic rings. The number of rotatable bonds is 3. The van der Waals surface area contributed by atoms with Crippen molar-refractivity contribution in [3.8, 4) is 11.5 Å². The van der Waals surface area contributed by atoms with Gasteiger partial charge in [0, 0.05) is 30.7 Å². The van der Waals surface area contributed by atoms with Gasteiger partial charge in [-0.25, -0.2) is 4.99 Å². The second-order valence-electron chi connectivity index (χ2n) is 7.01. The Morgan fingerprint density at radius 2 is 2.18 bits per heavy atom. The van der Waals surface area contributed by atoms with Crippen LogP contribution in [-0.2, 0) is 4.79 Å². The van der Waals surface area contributed by atoms with E-state index in [9.17, 15) is 9.90 Å². The molecule has 0 spiro atoms. The predicted octanol–water partition coefficient (Wildman–Crippen LogP) is 3.91. The van der Waals surface area contributed by atoms with Gasteiger partial charge in [-0.15, -0.1) is 0 Å². The predicted molar refractivity (Wildman–Crippen MR) is 109 cm³/mol. The lowest BCUT2D eigenvalue weighted by atomic mass is 9.94. The van der Waals surface area contributed by atoms with Crippen LogP contribution in [0.4, 0.5) is 5.69 Å². The number of hydrogen-bond donors (Lipinski definition) is 2. The molecule has 2 aliphatic rings. The monoisotopic (exact) mass is 399 g/mol. The summed E-state index contributed by atoms with van der Waals surface area (Å²) in [7, 11) is 0. The number of aliphatic imine (C=N–C) groups is 1. The van der Waals surface area contributed by atoms with Gasteiger partial charge < -0.3 is 20.1 Å². The Morgan fingerprint density at radius 1 is 1.36 bits per heavy atom. The van der Waals surface area contributed by atoms with E-state index in [1.165, 1.54) is 0 Å². The number of nitrogens with one attached hydrogen (secondary N) is 1. The van der Waals surface area contributed by atoms with Crippen molar-refractivity contribution in [2.24, 2.45) is 10.9 Å². The van der Waals surface area contributed by atoms with Gasteiger partial charge in [0.2, 0.25) is 0 Å². The minimum Gasteiger partial charge on any atom is -0.481 e. The topological polar surface area (TPSA) is 74.2 Å². The Labute approximate surface area is 168 Å². The number of amidine groups is 1. The number of carboxylic acid groups (broad SMARTS) is 1. The van der Waals surface area contributed by atoms with Crippen molar-refractivity contribution in [2.75, 3.05) is 19.6 Å². The summed E-state index contributed by atoms with van der Waals surface area (Å²) in [6.07, 6.45) is 0.575. The maximum Gasteiger partial charge on any atom is 0.308 e. The van der Waals surface area contributed by atoms with Crippen LogP contribution in [0, 0.1) is 5.92 Å². The molecule has 1 fully saturated rings. The van der Waals surface area contributed by atoms with Crippen molar-refractivity contribution in [1.82, 2.24) is 10.2 Å². The van der Waals surface area contributed by atoms with Gasteiger partial charge in [-0.05, 0) is 36.8 Å². The van der Waals surface area contributed by atoms with Crippen LogP contribution in [0.1, 0.15) is 18.9 Å². The zero-order chi connectivity index (χ0) is 19.7. The number of nitrogens with zero attached hydrogens (tertiary/aromatic N) is 2. The molecule has 0 amide bonds. The lowest BCUT2D eigenvalue weighted by Gasteiger charge is -2.38. The molecule has 2 aromatic carbocycles. The van der Waals surface area contributed by atoms with E-state index in [2.05, 4.69) is 10.2 Å². The molecule has 2 unspecified atom stereocenters. The first kappa shape index (κ1) is 18.8. The third-order valence-electron chi connectivity index (χ3n) is 5.24. The van der Waals surface area contributed by atoms with Crippen LogP contribution in [0.15, 0.2) is 47.5 Å². The van der Waals surface area contributed by atoms with Gasteiger partial charge in [-0.3, -0.25) is 4.79 Å². The SMILES string of the molecule is CCC(C(=O)O)C1CN(C2=Nc3cc(Cl)ccc3Oc3ccccc32)CCN1. The first-order chi connectivity index (χ1) is 13.6. The van der Waals surface area contributed by atoms with Gasteiger partial charge in [0.25, 0.3) is 0 Å². The van der Waals surface area contributed by atoms with Crippen molar-refractivity contribution in [3.63, 3.8) is 0 Å². The van der Waals surface area contributed by atoms with E-state index in [1.54, 1.807) is 12.1 Å². The third kappa shape index (κ3) is 3.57. The van der Waals surface area contributed by atoms with Crippen molar-refractivity contribution in [2.45, 2.75) is 19.4 Å². The largest absolute Gasteiger partial charge is 0.481 e. The lowest BCUT2D eigenvalue weighted by Crippen LogP contribution is -2.56. The maximum atomic E-state index is 11.6. The molecular formula is C21H22ClN3O3. The van der Waals surface area contributed by atoms with E-state index in [-0.39, 0.29) is 6.04 Å². The maximum absolute atomic E-state index is 11.6. The van der Waals surface area contributed by atoms with Crippen LogP contribution < -0.4 is 10.1 Å². The number of carboxylic acids is 1. The molecule has 4 rings (SSSR count). The van der Waals surface area contributed by atoms with Crippen LogP contribution >= 0.6 is 11.6 Å². The van der Waals surface area contributed by atoms with Gasteiger partial charge in [0.15, 0.2) is 5.75 Å². The molecule has 0 bridgehead atoms. The molecule has 28 heavy (non-hydrogen) atoms. The number of hydrogen-bond acceptors (Lipinski definition) is 5. The molecule has 2 aliphatic heterocycles. The summed E-state index contributed by atoms with van der Waals surface area (Å²) in [6.45, 7) is 3.90. The zero-order valence-corrected chi connectivity index (χ0v) is 16.3. The van der Waals surface area contributed by atoms with Crippen molar-refractivity contribution in [3.05, 3.63) is 53.1 Å². The molecule has 7 heteroatoms. The fourth-order valence-corrected chi connectivity index (χ4v) is 3.98. The second-order valence-corrected chi connectivity index (χ2v) is 7.44. The summed E-state index contributed by atoms with van der Waals surface area (Å²) >= 11 is 6.18. The molecule has 0 radical (unpaired) electrons. The number of benzene rings is 2. The first-order valence-electron chi connectivity index (χ1n) is 9.43. The van der Waals surface area contributed by atoms with Crippen molar-refractivity contribution >= 4 is 29.1 Å². The van der Waals surface area contributed by atoms with E-state index in [0.29, 0.717) is 36.0 Å². The Kier molecular flexibility index (Phi) is 5.24. The minimum atomic E-state index is -0.773. The molecule has 2 N–H and O–H groups in total. The van der Waals surface area contributed by atoms with Crippen LogP contribution in [0.2, 0.25) is 5.02 Å². The summed E-state index contributed by atoms with van der Waals surface area (Å²) in [5.74, 6) is 0.939. The minimum absolute atomic E-state index is 0.144. The van der Waals surface area contributed by atoms with Crippen LogP contribution in [0.5, 0.6) is 11.5 Å². The Bertz CT molecular complexity index is 931. The number of halogens is 1. The summed E-state index contributed by atoms with van der Waals surface area (Å²) in [6, 6.07) is 13.0. The van der Waals surface area contributed by atoms with E-state index in [1.807, 2.05) is 37.3 Å². The molecule has 1 saturated heterocycles. The summed E-state index contributed by atoms with van der Waals surface area (Å²) < 4.78 is 6.10. The van der Waals surface area contributed by atoms with Gasteiger partial charge >= 0.3 is 5.97 Å². The number of carbonyl (C=O) groups is 1. The summed E-state index contributed by atoms with van der Waals surface area (Å²) in [4.78, 5) is 18.7. The quantitative estimate of drug-likeness (QED) is 0.818. The second kappa shape index (κ2) is 7.81. The third-order valence-corrected chi connectivity index (χ3v) is 5.48. The highest BCUT2D eigenvalue weighted by Crippen LogP contribution is 2.39. The lowest BCUT2D eigenvalue weighted by molar-refractivity contribution is -0.143. The van der Waals surface area contributed by atoms with Gasteiger partial charge in [0.1, 0.15) is 17.3 Å². The average Bonchev–Trinajstić information content (AvgIpc) is 2.85. The zero-order valence-electron chi connectivity index (χ0n) is 15.6. The number of aliphatic carboxylic acids is 1. The van der Waals surface area contributed by atoms with E-state index in [0.717, 1.165) is 23.7 Å².